The van der Waals surface area contributed by atoms with E-state index in [1.165, 1.54) is 0 Å². The van der Waals surface area contributed by atoms with Gasteiger partial charge in [-0.2, -0.15) is 5.10 Å². The van der Waals surface area contributed by atoms with E-state index >= 15 is 0 Å². The zero-order chi connectivity index (χ0) is 9.10. The van der Waals surface area contributed by atoms with E-state index in [1.807, 2.05) is 30.5 Å². The summed E-state index contributed by atoms with van der Waals surface area (Å²) in [5.74, 6) is 0.879. The van der Waals surface area contributed by atoms with Gasteiger partial charge in [0, 0.05) is 18.1 Å². The highest BCUT2D eigenvalue weighted by Gasteiger charge is 1.97. The molecule has 3 nitrogen and oxygen atoms in total. The fraction of sp³-hybridized carbons (Fsp3) is 0.200. The number of aryl methyl sites for hydroxylation is 1. The van der Waals surface area contributed by atoms with Crippen LogP contribution in [0.4, 0.5) is 0 Å². The Bertz CT molecular complexity index is 379. The number of nitrogens with zero attached hydrogens (tertiary/aromatic N) is 3. The molecule has 0 spiro atoms. The van der Waals surface area contributed by atoms with Crippen LogP contribution >= 0.6 is 0 Å². The Morgan fingerprint density at radius 1 is 1.31 bits per heavy atom. The molecule has 2 aromatic heterocycles. The standard InChI is InChI=1S/C10H11N3/c1-2-9-5-3-6-10(12-9)13-8-4-7-11-13/h3-8H,2H2,1H3. The number of hydrogen-bond donors (Lipinski definition) is 0. The van der Waals surface area contributed by atoms with Crippen molar-refractivity contribution in [2.75, 3.05) is 0 Å². The zero-order valence-corrected chi connectivity index (χ0v) is 7.51. The molecule has 0 N–H and O–H groups in total. The molecular formula is C10H11N3. The van der Waals surface area contributed by atoms with Gasteiger partial charge in [-0.1, -0.05) is 13.0 Å². The summed E-state index contributed by atoms with van der Waals surface area (Å²) in [6.07, 6.45) is 4.59. The Morgan fingerprint density at radius 3 is 2.92 bits per heavy atom. The first kappa shape index (κ1) is 7.98. The van der Waals surface area contributed by atoms with Crippen molar-refractivity contribution >= 4 is 0 Å². The third-order valence-electron chi connectivity index (χ3n) is 1.89. The van der Waals surface area contributed by atoms with Crippen molar-refractivity contribution in [2.24, 2.45) is 0 Å². The molecule has 0 aliphatic heterocycles. The first-order valence-electron chi connectivity index (χ1n) is 4.36. The molecule has 0 saturated heterocycles. The highest BCUT2D eigenvalue weighted by atomic mass is 15.3. The Labute approximate surface area is 77.0 Å². The summed E-state index contributed by atoms with van der Waals surface area (Å²) in [6, 6.07) is 7.86. The average molecular weight is 173 g/mol. The first-order valence-corrected chi connectivity index (χ1v) is 4.36. The second-order valence-electron chi connectivity index (χ2n) is 2.79. The summed E-state index contributed by atoms with van der Waals surface area (Å²) in [5, 5.41) is 4.12. The molecule has 0 bridgehead atoms. The largest absolute Gasteiger partial charge is 0.234 e. The van der Waals surface area contributed by atoms with Crippen LogP contribution in [0.3, 0.4) is 0 Å². The summed E-state index contributed by atoms with van der Waals surface area (Å²) in [7, 11) is 0. The van der Waals surface area contributed by atoms with Gasteiger partial charge < -0.3 is 0 Å². The van der Waals surface area contributed by atoms with Gasteiger partial charge in [0.2, 0.25) is 0 Å². The van der Waals surface area contributed by atoms with Gasteiger partial charge in [0.25, 0.3) is 0 Å². The van der Waals surface area contributed by atoms with Gasteiger partial charge in [-0.3, -0.25) is 0 Å². The molecule has 66 valence electrons. The molecule has 0 aromatic carbocycles. The van der Waals surface area contributed by atoms with Crippen LogP contribution in [0.2, 0.25) is 0 Å². The van der Waals surface area contributed by atoms with Crippen LogP contribution in [0.15, 0.2) is 36.7 Å². The molecule has 0 fully saturated rings. The predicted octanol–water partition coefficient (Wildman–Crippen LogP) is 1.83. The van der Waals surface area contributed by atoms with Crippen LogP contribution in [-0.4, -0.2) is 14.8 Å². The molecule has 0 amide bonds. The van der Waals surface area contributed by atoms with Crippen molar-refractivity contribution in [1.82, 2.24) is 14.8 Å². The summed E-state index contributed by atoms with van der Waals surface area (Å²) < 4.78 is 1.76. The number of pyridine rings is 1. The summed E-state index contributed by atoms with van der Waals surface area (Å²) >= 11 is 0. The SMILES string of the molecule is CCc1cccc(-n2cccn2)n1. The van der Waals surface area contributed by atoms with E-state index in [4.69, 9.17) is 0 Å². The van der Waals surface area contributed by atoms with E-state index in [1.54, 1.807) is 10.9 Å². The van der Waals surface area contributed by atoms with Crippen molar-refractivity contribution in [3.63, 3.8) is 0 Å². The molecule has 0 radical (unpaired) electrons. The van der Waals surface area contributed by atoms with Crippen molar-refractivity contribution in [3.8, 4) is 5.82 Å². The minimum absolute atomic E-state index is 0.879. The van der Waals surface area contributed by atoms with E-state index in [-0.39, 0.29) is 0 Å². The van der Waals surface area contributed by atoms with Gasteiger partial charge in [0.15, 0.2) is 5.82 Å². The lowest BCUT2D eigenvalue weighted by Crippen LogP contribution is -1.99. The van der Waals surface area contributed by atoms with Gasteiger partial charge in [0.05, 0.1) is 0 Å². The smallest absolute Gasteiger partial charge is 0.153 e. The molecule has 0 atom stereocenters. The van der Waals surface area contributed by atoms with Crippen LogP contribution in [0, 0.1) is 0 Å². The minimum atomic E-state index is 0.879. The van der Waals surface area contributed by atoms with Crippen LogP contribution in [0.1, 0.15) is 12.6 Å². The van der Waals surface area contributed by atoms with Crippen molar-refractivity contribution < 1.29 is 0 Å². The molecule has 0 unspecified atom stereocenters. The molecule has 2 heterocycles. The van der Waals surface area contributed by atoms with Crippen LogP contribution in [-0.2, 0) is 6.42 Å². The van der Waals surface area contributed by atoms with E-state index in [2.05, 4.69) is 17.0 Å². The Balaban J connectivity index is 2.41. The number of hydrogen-bond acceptors (Lipinski definition) is 2. The Kier molecular flexibility index (Phi) is 2.08. The van der Waals surface area contributed by atoms with Crippen molar-refractivity contribution in [2.45, 2.75) is 13.3 Å². The molecule has 2 rings (SSSR count). The predicted molar refractivity (Wildman–Crippen MR) is 50.7 cm³/mol. The molecule has 0 saturated carbocycles. The van der Waals surface area contributed by atoms with E-state index in [0.29, 0.717) is 0 Å². The lowest BCUT2D eigenvalue weighted by atomic mass is 10.3. The first-order chi connectivity index (χ1) is 6.40. The van der Waals surface area contributed by atoms with Crippen molar-refractivity contribution in [3.05, 3.63) is 42.4 Å². The van der Waals surface area contributed by atoms with Gasteiger partial charge in [-0.15, -0.1) is 0 Å². The van der Waals surface area contributed by atoms with E-state index < -0.39 is 0 Å². The second-order valence-corrected chi connectivity index (χ2v) is 2.79. The molecule has 0 aliphatic rings. The fourth-order valence-electron chi connectivity index (χ4n) is 1.20. The summed E-state index contributed by atoms with van der Waals surface area (Å²) in [5.41, 5.74) is 1.09. The quantitative estimate of drug-likeness (QED) is 0.693. The monoisotopic (exact) mass is 173 g/mol. The summed E-state index contributed by atoms with van der Waals surface area (Å²) in [4.78, 5) is 4.43. The van der Waals surface area contributed by atoms with E-state index in [0.717, 1.165) is 17.9 Å². The Hall–Kier alpha value is -1.64. The molecule has 0 aliphatic carbocycles. The maximum Gasteiger partial charge on any atom is 0.153 e. The molecule has 2 aromatic rings. The third-order valence-corrected chi connectivity index (χ3v) is 1.89. The van der Waals surface area contributed by atoms with Gasteiger partial charge in [0.1, 0.15) is 0 Å². The maximum atomic E-state index is 4.43. The topological polar surface area (TPSA) is 30.7 Å². The summed E-state index contributed by atoms with van der Waals surface area (Å²) in [6.45, 7) is 2.09. The van der Waals surface area contributed by atoms with Crippen LogP contribution < -0.4 is 0 Å². The number of aromatic nitrogens is 3. The van der Waals surface area contributed by atoms with Gasteiger partial charge in [-0.25, -0.2) is 9.67 Å². The minimum Gasteiger partial charge on any atom is -0.234 e. The highest BCUT2D eigenvalue weighted by Crippen LogP contribution is 2.04. The van der Waals surface area contributed by atoms with E-state index in [9.17, 15) is 0 Å². The third kappa shape index (κ3) is 1.59. The van der Waals surface area contributed by atoms with Crippen LogP contribution in [0.25, 0.3) is 5.82 Å². The molecule has 13 heavy (non-hydrogen) atoms. The normalized spacial score (nSPS) is 10.2. The van der Waals surface area contributed by atoms with Crippen molar-refractivity contribution in [1.29, 1.82) is 0 Å². The lowest BCUT2D eigenvalue weighted by molar-refractivity contribution is 0.833. The number of rotatable bonds is 2. The average Bonchev–Trinajstić information content (AvgIpc) is 2.71. The molecule has 3 heteroatoms. The molecular weight excluding hydrogens is 162 g/mol. The maximum absolute atomic E-state index is 4.43. The zero-order valence-electron chi connectivity index (χ0n) is 7.51. The van der Waals surface area contributed by atoms with Gasteiger partial charge >= 0.3 is 0 Å². The lowest BCUT2D eigenvalue weighted by Gasteiger charge is -2.01. The second kappa shape index (κ2) is 3.39. The Morgan fingerprint density at radius 2 is 2.23 bits per heavy atom. The van der Waals surface area contributed by atoms with Crippen LogP contribution in [0.5, 0.6) is 0 Å². The highest BCUT2D eigenvalue weighted by molar-refractivity contribution is 5.23. The fourth-order valence-corrected chi connectivity index (χ4v) is 1.20. The van der Waals surface area contributed by atoms with Gasteiger partial charge in [-0.05, 0) is 24.6 Å².